The van der Waals surface area contributed by atoms with E-state index in [2.05, 4.69) is 0 Å². The van der Waals surface area contributed by atoms with Crippen LogP contribution < -0.4 is 0 Å². The Morgan fingerprint density at radius 3 is 2.30 bits per heavy atom. The molecule has 0 amide bonds. The van der Waals surface area contributed by atoms with Gasteiger partial charge in [-0.2, -0.15) is 0 Å². The number of ether oxygens (including phenoxy) is 2. The summed E-state index contributed by atoms with van der Waals surface area (Å²) in [6.45, 7) is 6.39. The van der Waals surface area contributed by atoms with Crippen molar-refractivity contribution in [1.82, 2.24) is 0 Å². The zero-order valence-electron chi connectivity index (χ0n) is 12.4. The van der Waals surface area contributed by atoms with Gasteiger partial charge in [-0.05, 0) is 37.5 Å². The summed E-state index contributed by atoms with van der Waals surface area (Å²) in [6, 6.07) is 5.17. The molecule has 0 fully saturated rings. The minimum atomic E-state index is -0.488. The number of hydrogen-bond donors (Lipinski definition) is 0. The highest BCUT2D eigenvalue weighted by atomic mass is 16.5. The molecule has 1 aromatic rings. The second-order valence-electron chi connectivity index (χ2n) is 4.44. The van der Waals surface area contributed by atoms with Crippen LogP contribution in [0.2, 0.25) is 0 Å². The van der Waals surface area contributed by atoms with Crippen molar-refractivity contribution in [3.05, 3.63) is 34.9 Å². The lowest BCUT2D eigenvalue weighted by atomic mass is 10.0. The first-order chi connectivity index (χ1) is 9.63. The number of benzene rings is 1. The SMILES string of the molecule is CCCCOC(=O)c1cc(CC)ccc1C(=O)OCC. The molecule has 0 aliphatic carbocycles. The average Bonchev–Trinajstić information content (AvgIpc) is 2.47. The van der Waals surface area contributed by atoms with E-state index in [9.17, 15) is 9.59 Å². The highest BCUT2D eigenvalue weighted by Crippen LogP contribution is 2.16. The third kappa shape index (κ3) is 4.37. The fraction of sp³-hybridized carbons (Fsp3) is 0.500. The van der Waals surface area contributed by atoms with Crippen molar-refractivity contribution in [2.45, 2.75) is 40.0 Å². The van der Waals surface area contributed by atoms with Crippen molar-refractivity contribution < 1.29 is 19.1 Å². The van der Waals surface area contributed by atoms with Crippen molar-refractivity contribution in [2.75, 3.05) is 13.2 Å². The molecule has 0 saturated carbocycles. The minimum Gasteiger partial charge on any atom is -0.462 e. The molecule has 0 aromatic heterocycles. The van der Waals surface area contributed by atoms with Gasteiger partial charge in [-0.1, -0.05) is 26.3 Å². The lowest BCUT2D eigenvalue weighted by molar-refractivity contribution is 0.0463. The van der Waals surface area contributed by atoms with Gasteiger partial charge < -0.3 is 9.47 Å². The summed E-state index contributed by atoms with van der Waals surface area (Å²) in [4.78, 5) is 24.0. The van der Waals surface area contributed by atoms with Gasteiger partial charge in [-0.25, -0.2) is 9.59 Å². The predicted molar refractivity (Wildman–Crippen MR) is 77.0 cm³/mol. The Labute approximate surface area is 120 Å². The Morgan fingerprint density at radius 2 is 1.70 bits per heavy atom. The van der Waals surface area contributed by atoms with Gasteiger partial charge in [-0.15, -0.1) is 0 Å². The molecule has 0 atom stereocenters. The first-order valence-corrected chi connectivity index (χ1v) is 7.11. The molecule has 0 spiro atoms. The first kappa shape index (κ1) is 16.2. The van der Waals surface area contributed by atoms with Crippen molar-refractivity contribution >= 4 is 11.9 Å². The van der Waals surface area contributed by atoms with E-state index >= 15 is 0 Å². The van der Waals surface area contributed by atoms with Crippen molar-refractivity contribution in [2.24, 2.45) is 0 Å². The van der Waals surface area contributed by atoms with Crippen LogP contribution in [-0.4, -0.2) is 25.2 Å². The maximum absolute atomic E-state index is 12.1. The molecule has 0 saturated heterocycles. The maximum Gasteiger partial charge on any atom is 0.339 e. The summed E-state index contributed by atoms with van der Waals surface area (Å²) in [6.07, 6.45) is 2.55. The molecule has 110 valence electrons. The topological polar surface area (TPSA) is 52.6 Å². The molecule has 0 bridgehead atoms. The lowest BCUT2D eigenvalue weighted by Gasteiger charge is -2.10. The number of rotatable bonds is 7. The molecule has 4 heteroatoms. The van der Waals surface area contributed by atoms with Gasteiger partial charge in [0.1, 0.15) is 0 Å². The second kappa shape index (κ2) is 8.35. The number of aryl methyl sites for hydroxylation is 1. The molecule has 1 aromatic carbocycles. The summed E-state index contributed by atoms with van der Waals surface area (Å²) < 4.78 is 10.2. The van der Waals surface area contributed by atoms with Gasteiger partial charge in [0.15, 0.2) is 0 Å². The average molecular weight is 278 g/mol. The Morgan fingerprint density at radius 1 is 1.00 bits per heavy atom. The van der Waals surface area contributed by atoms with Gasteiger partial charge in [0.2, 0.25) is 0 Å². The van der Waals surface area contributed by atoms with Gasteiger partial charge >= 0.3 is 11.9 Å². The maximum atomic E-state index is 12.1. The van der Waals surface area contributed by atoms with E-state index in [-0.39, 0.29) is 12.2 Å². The fourth-order valence-electron chi connectivity index (χ4n) is 1.75. The van der Waals surface area contributed by atoms with Crippen molar-refractivity contribution in [3.63, 3.8) is 0 Å². The third-order valence-corrected chi connectivity index (χ3v) is 2.94. The van der Waals surface area contributed by atoms with E-state index in [0.29, 0.717) is 12.2 Å². The Kier molecular flexibility index (Phi) is 6.77. The monoisotopic (exact) mass is 278 g/mol. The summed E-state index contributed by atoms with van der Waals surface area (Å²) in [7, 11) is 0. The van der Waals surface area contributed by atoms with Crippen LogP contribution in [0.5, 0.6) is 0 Å². The molecule has 20 heavy (non-hydrogen) atoms. The molecule has 0 aliphatic heterocycles. The predicted octanol–water partition coefficient (Wildman–Crippen LogP) is 3.38. The molecule has 0 radical (unpaired) electrons. The van der Waals surface area contributed by atoms with Gasteiger partial charge in [0.25, 0.3) is 0 Å². The molecule has 0 heterocycles. The summed E-state index contributed by atoms with van der Waals surface area (Å²) in [5.41, 5.74) is 1.55. The Bertz CT molecular complexity index is 466. The molecule has 0 N–H and O–H groups in total. The van der Waals surface area contributed by atoms with Gasteiger partial charge in [-0.3, -0.25) is 0 Å². The van der Waals surface area contributed by atoms with Crippen LogP contribution in [0.25, 0.3) is 0 Å². The lowest BCUT2D eigenvalue weighted by Crippen LogP contribution is -2.15. The van der Waals surface area contributed by atoms with Crippen LogP contribution in [-0.2, 0) is 15.9 Å². The number of esters is 2. The molecule has 0 aliphatic rings. The van der Waals surface area contributed by atoms with Crippen molar-refractivity contribution in [3.8, 4) is 0 Å². The van der Waals surface area contributed by atoms with Gasteiger partial charge in [0, 0.05) is 0 Å². The van der Waals surface area contributed by atoms with Crippen LogP contribution in [0, 0.1) is 0 Å². The highest BCUT2D eigenvalue weighted by molar-refractivity contribution is 6.03. The largest absolute Gasteiger partial charge is 0.462 e. The smallest absolute Gasteiger partial charge is 0.339 e. The van der Waals surface area contributed by atoms with E-state index in [1.165, 1.54) is 0 Å². The van der Waals surface area contributed by atoms with Crippen LogP contribution in [0.4, 0.5) is 0 Å². The van der Waals surface area contributed by atoms with Crippen LogP contribution in [0.1, 0.15) is 59.9 Å². The molecular formula is C16H22O4. The standard InChI is InChI=1S/C16H22O4/c1-4-7-10-20-16(18)14-11-12(5-2)8-9-13(14)15(17)19-6-3/h8-9,11H,4-7,10H2,1-3H3. The quantitative estimate of drug-likeness (QED) is 0.566. The van der Waals surface area contributed by atoms with E-state index in [4.69, 9.17) is 9.47 Å². The van der Waals surface area contributed by atoms with E-state index in [1.54, 1.807) is 19.1 Å². The van der Waals surface area contributed by atoms with Crippen molar-refractivity contribution in [1.29, 1.82) is 0 Å². The van der Waals surface area contributed by atoms with E-state index < -0.39 is 11.9 Å². The summed E-state index contributed by atoms with van der Waals surface area (Å²) in [5, 5.41) is 0. The number of unbranched alkanes of at least 4 members (excludes halogenated alkanes) is 1. The summed E-state index contributed by atoms with van der Waals surface area (Å²) >= 11 is 0. The molecule has 1 rings (SSSR count). The summed E-state index contributed by atoms with van der Waals surface area (Å²) in [5.74, 6) is -0.950. The number of hydrogen-bond acceptors (Lipinski definition) is 4. The van der Waals surface area contributed by atoms with Gasteiger partial charge in [0.05, 0.1) is 24.3 Å². The minimum absolute atomic E-state index is 0.269. The Hall–Kier alpha value is -1.84. The normalized spacial score (nSPS) is 10.2. The Balaban J connectivity index is 2.99. The van der Waals surface area contributed by atoms with E-state index in [1.807, 2.05) is 19.9 Å². The zero-order valence-corrected chi connectivity index (χ0v) is 12.4. The molecule has 0 unspecified atom stereocenters. The number of carbonyl (C=O) groups is 2. The van der Waals surface area contributed by atoms with Crippen LogP contribution in [0.15, 0.2) is 18.2 Å². The second-order valence-corrected chi connectivity index (χ2v) is 4.44. The van der Waals surface area contributed by atoms with E-state index in [0.717, 1.165) is 24.8 Å². The first-order valence-electron chi connectivity index (χ1n) is 7.11. The van der Waals surface area contributed by atoms with Crippen LogP contribution in [0.3, 0.4) is 0 Å². The third-order valence-electron chi connectivity index (χ3n) is 2.94. The number of carbonyl (C=O) groups excluding carboxylic acids is 2. The highest BCUT2D eigenvalue weighted by Gasteiger charge is 2.19. The molecular weight excluding hydrogens is 256 g/mol. The fourth-order valence-corrected chi connectivity index (χ4v) is 1.75. The molecule has 4 nitrogen and oxygen atoms in total. The zero-order chi connectivity index (χ0) is 15.0. The van der Waals surface area contributed by atoms with Crippen LogP contribution >= 0.6 is 0 Å².